The van der Waals surface area contributed by atoms with Gasteiger partial charge in [0.15, 0.2) is 0 Å². The zero-order valence-electron chi connectivity index (χ0n) is 23.9. The van der Waals surface area contributed by atoms with Crippen LogP contribution in [0.4, 0.5) is 5.69 Å². The summed E-state index contributed by atoms with van der Waals surface area (Å²) in [5, 5.41) is 17.2. The van der Waals surface area contributed by atoms with Crippen LogP contribution in [0.15, 0.2) is 64.0 Å². The number of rotatable bonds is 12. The molecule has 220 valence electrons. The molecule has 0 saturated heterocycles. The normalized spacial score (nSPS) is 11.6. The lowest BCUT2D eigenvalue weighted by Crippen LogP contribution is -2.29. The van der Waals surface area contributed by atoms with Gasteiger partial charge < -0.3 is 25.1 Å². The average molecular weight is 574 g/mol. The van der Waals surface area contributed by atoms with E-state index in [1.165, 1.54) is 6.07 Å². The van der Waals surface area contributed by atoms with E-state index >= 15 is 0 Å². The second kappa shape index (κ2) is 13.7. The molecule has 0 unspecified atom stereocenters. The highest BCUT2D eigenvalue weighted by Crippen LogP contribution is 2.42. The minimum atomic E-state index is -1.14. The van der Waals surface area contributed by atoms with E-state index in [-0.39, 0.29) is 29.5 Å². The molecular formula is C31H35N5O6. The minimum absolute atomic E-state index is 0.00888. The molecule has 1 aliphatic carbocycles. The lowest BCUT2D eigenvalue weighted by atomic mass is 9.89. The SMILES string of the molecule is C/N=c1\ccc2c(-c3ccc(C(=O)NCCCCCNC(=O)CON)cc3C(=O)O)c3ccc(N(C)C)cc3oc-2c1. The highest BCUT2D eigenvalue weighted by atomic mass is 16.6. The van der Waals surface area contributed by atoms with Crippen LogP contribution in [0.5, 0.6) is 0 Å². The van der Waals surface area contributed by atoms with Crippen molar-refractivity contribution >= 4 is 34.4 Å². The third-order valence-corrected chi connectivity index (χ3v) is 6.92. The molecule has 0 bridgehead atoms. The average Bonchev–Trinajstić information content (AvgIpc) is 2.98. The fourth-order valence-electron chi connectivity index (χ4n) is 4.74. The number of hydrogen-bond donors (Lipinski definition) is 4. The van der Waals surface area contributed by atoms with Gasteiger partial charge in [0.25, 0.3) is 5.91 Å². The maximum absolute atomic E-state index is 12.9. The van der Waals surface area contributed by atoms with Crippen molar-refractivity contribution in [3.05, 3.63) is 71.1 Å². The molecule has 11 nitrogen and oxygen atoms in total. The molecule has 0 atom stereocenters. The van der Waals surface area contributed by atoms with Crippen LogP contribution in [0.3, 0.4) is 0 Å². The number of aromatic carboxylic acids is 1. The molecule has 0 saturated carbocycles. The Morgan fingerprint density at radius 1 is 0.952 bits per heavy atom. The van der Waals surface area contributed by atoms with E-state index in [1.54, 1.807) is 19.2 Å². The number of carbonyl (C=O) groups is 3. The lowest BCUT2D eigenvalue weighted by molar-refractivity contribution is -0.125. The number of fused-ring (bicyclic) bond motifs is 2. The number of carbonyl (C=O) groups excluding carboxylic acids is 2. The zero-order chi connectivity index (χ0) is 30.2. The summed E-state index contributed by atoms with van der Waals surface area (Å²) in [6.07, 6.45) is 2.22. The molecule has 1 heterocycles. The van der Waals surface area contributed by atoms with Crippen LogP contribution in [0, 0.1) is 0 Å². The van der Waals surface area contributed by atoms with Gasteiger partial charge in [-0.15, -0.1) is 0 Å². The molecule has 2 amide bonds. The molecule has 1 aliphatic heterocycles. The monoisotopic (exact) mass is 573 g/mol. The van der Waals surface area contributed by atoms with Crippen molar-refractivity contribution in [3.8, 4) is 22.5 Å². The van der Waals surface area contributed by atoms with Crippen molar-refractivity contribution in [3.63, 3.8) is 0 Å². The Hall–Kier alpha value is -4.74. The van der Waals surface area contributed by atoms with Crippen LogP contribution in [0.25, 0.3) is 33.4 Å². The molecule has 0 radical (unpaired) electrons. The van der Waals surface area contributed by atoms with Gasteiger partial charge in [-0.1, -0.05) is 6.07 Å². The Morgan fingerprint density at radius 3 is 2.38 bits per heavy atom. The van der Waals surface area contributed by atoms with Crippen LogP contribution in [0.2, 0.25) is 0 Å². The standard InChI is InChI=1S/C31H35N5O6/c1-33-20-8-11-23-26(16-20)42-27-17-21(36(2)3)9-12-24(27)29(23)22-10-7-19(15-25(22)31(39)40)30(38)35-14-6-4-5-13-34-28(37)18-41-32/h7-12,15-17H,4-6,13-14,18,32H2,1-3H3,(H,34,37)(H,35,38)(H,39,40)/b33-20+. The Labute approximate surface area is 243 Å². The summed E-state index contributed by atoms with van der Waals surface area (Å²) in [6, 6.07) is 16.1. The van der Waals surface area contributed by atoms with Gasteiger partial charge in [-0.2, -0.15) is 0 Å². The highest BCUT2D eigenvalue weighted by Gasteiger charge is 2.23. The van der Waals surface area contributed by atoms with Crippen LogP contribution in [-0.2, 0) is 9.63 Å². The van der Waals surface area contributed by atoms with Crippen LogP contribution < -0.4 is 26.8 Å². The summed E-state index contributed by atoms with van der Waals surface area (Å²) in [5.74, 6) is 3.65. The van der Waals surface area contributed by atoms with Crippen molar-refractivity contribution in [2.24, 2.45) is 10.9 Å². The predicted molar refractivity (Wildman–Crippen MR) is 160 cm³/mol. The van der Waals surface area contributed by atoms with E-state index in [0.717, 1.165) is 34.8 Å². The molecule has 42 heavy (non-hydrogen) atoms. The summed E-state index contributed by atoms with van der Waals surface area (Å²) < 4.78 is 6.28. The highest BCUT2D eigenvalue weighted by molar-refractivity contribution is 6.09. The van der Waals surface area contributed by atoms with Crippen LogP contribution >= 0.6 is 0 Å². The molecule has 5 N–H and O–H groups in total. The number of nitrogens with two attached hydrogens (primary N) is 1. The van der Waals surface area contributed by atoms with Gasteiger partial charge in [0.1, 0.15) is 18.0 Å². The van der Waals surface area contributed by atoms with E-state index in [9.17, 15) is 19.5 Å². The van der Waals surface area contributed by atoms with Gasteiger partial charge in [-0.25, -0.2) is 10.7 Å². The number of unbranched alkanes of at least 4 members (excludes halogenated alkanes) is 2. The van der Waals surface area contributed by atoms with E-state index in [2.05, 4.69) is 20.5 Å². The van der Waals surface area contributed by atoms with Crippen molar-refractivity contribution in [1.82, 2.24) is 10.6 Å². The first-order chi connectivity index (χ1) is 20.2. The second-order valence-electron chi connectivity index (χ2n) is 10.00. The van der Waals surface area contributed by atoms with Gasteiger partial charge in [0, 0.05) is 74.1 Å². The fourth-order valence-corrected chi connectivity index (χ4v) is 4.74. The van der Waals surface area contributed by atoms with Crippen molar-refractivity contribution in [2.75, 3.05) is 45.7 Å². The van der Waals surface area contributed by atoms with Crippen molar-refractivity contribution < 1.29 is 28.7 Å². The van der Waals surface area contributed by atoms with E-state index in [0.29, 0.717) is 42.0 Å². The molecule has 2 aromatic carbocycles. The van der Waals surface area contributed by atoms with Gasteiger partial charge in [0.2, 0.25) is 5.91 Å². The van der Waals surface area contributed by atoms with E-state index in [1.807, 2.05) is 55.4 Å². The zero-order valence-corrected chi connectivity index (χ0v) is 23.9. The summed E-state index contributed by atoms with van der Waals surface area (Å²) in [4.78, 5) is 47.2. The fraction of sp³-hybridized carbons (Fsp3) is 0.290. The Balaban J connectivity index is 1.61. The van der Waals surface area contributed by atoms with E-state index in [4.69, 9.17) is 10.3 Å². The predicted octanol–water partition coefficient (Wildman–Crippen LogP) is 3.41. The second-order valence-corrected chi connectivity index (χ2v) is 10.00. The third kappa shape index (κ3) is 6.93. The number of carboxylic acid groups (broad SMARTS) is 1. The topological polar surface area (TPSA) is 159 Å². The van der Waals surface area contributed by atoms with Gasteiger partial charge in [-0.05, 0) is 61.2 Å². The van der Waals surface area contributed by atoms with Crippen molar-refractivity contribution in [2.45, 2.75) is 19.3 Å². The van der Waals surface area contributed by atoms with E-state index < -0.39 is 5.97 Å². The first-order valence-corrected chi connectivity index (χ1v) is 13.6. The largest absolute Gasteiger partial charge is 0.478 e. The van der Waals surface area contributed by atoms with Gasteiger partial charge in [-0.3, -0.25) is 19.4 Å². The number of benzene rings is 3. The Kier molecular flexibility index (Phi) is 9.89. The maximum Gasteiger partial charge on any atom is 0.336 e. The molecule has 11 heteroatoms. The molecule has 0 fully saturated rings. The molecular weight excluding hydrogens is 538 g/mol. The minimum Gasteiger partial charge on any atom is -0.478 e. The number of carboxylic acids is 1. The molecule has 4 rings (SSSR count). The summed E-state index contributed by atoms with van der Waals surface area (Å²) >= 11 is 0. The smallest absolute Gasteiger partial charge is 0.336 e. The van der Waals surface area contributed by atoms with Crippen LogP contribution in [-0.4, -0.2) is 63.7 Å². The van der Waals surface area contributed by atoms with Gasteiger partial charge >= 0.3 is 5.97 Å². The maximum atomic E-state index is 12.9. The number of nitrogens with one attached hydrogen (secondary N) is 2. The summed E-state index contributed by atoms with van der Waals surface area (Å²) in [5.41, 5.74) is 3.71. The first-order valence-electron chi connectivity index (χ1n) is 13.6. The molecule has 0 spiro atoms. The summed E-state index contributed by atoms with van der Waals surface area (Å²) in [7, 11) is 5.56. The Morgan fingerprint density at radius 2 is 1.69 bits per heavy atom. The first kappa shape index (κ1) is 30.2. The number of hydrogen-bond acceptors (Lipinski definition) is 8. The number of amides is 2. The molecule has 2 aromatic rings. The van der Waals surface area contributed by atoms with Crippen molar-refractivity contribution in [1.29, 1.82) is 0 Å². The number of nitrogens with zero attached hydrogens (tertiary/aromatic N) is 2. The molecule has 0 aromatic heterocycles. The summed E-state index contributed by atoms with van der Waals surface area (Å²) in [6.45, 7) is 0.713. The third-order valence-electron chi connectivity index (χ3n) is 6.92. The molecule has 2 aliphatic rings. The number of anilines is 1. The van der Waals surface area contributed by atoms with Crippen LogP contribution in [0.1, 0.15) is 40.0 Å². The quantitative estimate of drug-likeness (QED) is 0.114. The lowest BCUT2D eigenvalue weighted by Gasteiger charge is -2.19. The Bertz CT molecular complexity index is 1640. The van der Waals surface area contributed by atoms with Gasteiger partial charge in [0.05, 0.1) is 10.9 Å².